The van der Waals surface area contributed by atoms with Crippen LogP contribution in [0.2, 0.25) is 0 Å². The van der Waals surface area contributed by atoms with Gasteiger partial charge in [0, 0.05) is 26.2 Å². The number of ether oxygens (including phenoxy) is 4. The summed E-state index contributed by atoms with van der Waals surface area (Å²) < 4.78 is 20.7. The minimum Gasteiger partial charge on any atom is -0.464 e. The van der Waals surface area contributed by atoms with Crippen LogP contribution in [0.15, 0.2) is 12.8 Å². The molecule has 234 valence electrons. The van der Waals surface area contributed by atoms with Gasteiger partial charge in [0.1, 0.15) is 22.8 Å². The molecule has 4 N–H and O–H groups in total. The second kappa shape index (κ2) is 13.5. The summed E-state index contributed by atoms with van der Waals surface area (Å²) in [4.78, 5) is 63.8. The third-order valence-corrected chi connectivity index (χ3v) is 6.67. The monoisotopic (exact) mass is 585 g/mol. The van der Waals surface area contributed by atoms with E-state index in [0.717, 1.165) is 6.26 Å². The standard InChI is InChI=1S/C28H45N3O10.H2/c1-9-38-22(34)19-18-17(32)15-28(20(18)19,23(35)39-10-2)31-21(33)16(30-25(37)41-27(6,7)8)13-11-12-14-29-24(36)40-26(3,4)5;/h9,16-20,32H,1,10-15H2,2-8H3,(H,29,36)(H,30,37)(H,31,33);1H/t16?,17-,18-,19-,20-,28+;/m0./s1. The number of hydrogen-bond donors (Lipinski definition) is 4. The van der Waals surface area contributed by atoms with Gasteiger partial charge in [-0.3, -0.25) is 9.59 Å². The summed E-state index contributed by atoms with van der Waals surface area (Å²) in [7, 11) is 0. The molecule has 1 unspecified atom stereocenters. The number of nitrogens with one attached hydrogen (secondary N) is 3. The van der Waals surface area contributed by atoms with E-state index in [0.29, 0.717) is 12.8 Å². The minimum atomic E-state index is -1.70. The van der Waals surface area contributed by atoms with E-state index in [1.54, 1.807) is 48.5 Å². The highest BCUT2D eigenvalue weighted by Gasteiger charge is 2.76. The SMILES string of the molecule is C=COC(=O)[C@H]1[C@H]2[C@@H]1[C@@](NC(=O)C(CCCCNC(=O)OC(C)(C)C)NC(=O)OC(C)(C)C)(C(=O)OCC)C[C@@H]2O.[HH]. The molecule has 0 radical (unpaired) electrons. The Kier molecular flexibility index (Phi) is 11.2. The van der Waals surface area contributed by atoms with E-state index < -0.39 is 76.7 Å². The van der Waals surface area contributed by atoms with Crippen LogP contribution >= 0.6 is 0 Å². The Labute approximate surface area is 242 Å². The van der Waals surface area contributed by atoms with Crippen molar-refractivity contribution in [3.8, 4) is 0 Å². The second-order valence-corrected chi connectivity index (χ2v) is 12.3. The van der Waals surface area contributed by atoms with E-state index in [2.05, 4.69) is 22.5 Å². The van der Waals surface area contributed by atoms with Crippen LogP contribution in [0, 0.1) is 17.8 Å². The number of aliphatic hydroxyl groups is 1. The smallest absolute Gasteiger partial charge is 0.408 e. The predicted molar refractivity (Wildman–Crippen MR) is 148 cm³/mol. The number of carbonyl (C=O) groups is 5. The van der Waals surface area contributed by atoms with Crippen LogP contribution in [0.3, 0.4) is 0 Å². The number of esters is 2. The summed E-state index contributed by atoms with van der Waals surface area (Å²) in [5, 5.41) is 18.6. The zero-order chi connectivity index (χ0) is 31.2. The van der Waals surface area contributed by atoms with Crippen LogP contribution in [0.1, 0.15) is 75.6 Å². The lowest BCUT2D eigenvalue weighted by atomic mass is 9.88. The molecule has 0 bridgehead atoms. The summed E-state index contributed by atoms with van der Waals surface area (Å²) in [6.07, 6.45) is -0.673. The maximum absolute atomic E-state index is 13.6. The third kappa shape index (κ3) is 9.34. The van der Waals surface area contributed by atoms with Gasteiger partial charge >= 0.3 is 24.1 Å². The van der Waals surface area contributed by atoms with Gasteiger partial charge < -0.3 is 40.0 Å². The van der Waals surface area contributed by atoms with Gasteiger partial charge in [0.05, 0.1) is 24.9 Å². The summed E-state index contributed by atoms with van der Waals surface area (Å²) in [6, 6.07) is -1.13. The van der Waals surface area contributed by atoms with Crippen molar-refractivity contribution in [2.75, 3.05) is 13.2 Å². The van der Waals surface area contributed by atoms with Crippen molar-refractivity contribution in [1.29, 1.82) is 0 Å². The van der Waals surface area contributed by atoms with Crippen molar-refractivity contribution in [2.45, 2.75) is 103 Å². The van der Waals surface area contributed by atoms with E-state index in [9.17, 15) is 29.1 Å². The molecule has 0 aliphatic heterocycles. The fraction of sp³-hybridized carbons (Fsp3) is 0.750. The summed E-state index contributed by atoms with van der Waals surface area (Å²) in [5.41, 5.74) is -3.17. The Morgan fingerprint density at radius 3 is 2.22 bits per heavy atom. The number of amides is 3. The molecule has 13 heteroatoms. The molecule has 0 aromatic heterocycles. The van der Waals surface area contributed by atoms with Crippen molar-refractivity contribution in [3.05, 3.63) is 12.8 Å². The highest BCUT2D eigenvalue weighted by molar-refractivity contribution is 5.94. The number of unbranched alkanes of at least 4 members (excludes halogenated alkanes) is 1. The van der Waals surface area contributed by atoms with Crippen molar-refractivity contribution in [1.82, 2.24) is 16.0 Å². The van der Waals surface area contributed by atoms with Gasteiger partial charge in [0.2, 0.25) is 5.91 Å². The molecule has 2 aliphatic carbocycles. The highest BCUT2D eigenvalue weighted by atomic mass is 16.6. The molecule has 3 amide bonds. The lowest BCUT2D eigenvalue weighted by molar-refractivity contribution is -0.156. The lowest BCUT2D eigenvalue weighted by Gasteiger charge is -2.33. The fourth-order valence-corrected chi connectivity index (χ4v) is 5.18. The number of alkyl carbamates (subject to hydrolysis) is 2. The topological polar surface area (TPSA) is 179 Å². The number of rotatable bonds is 12. The molecule has 2 saturated carbocycles. The summed E-state index contributed by atoms with van der Waals surface area (Å²) >= 11 is 0. The lowest BCUT2D eigenvalue weighted by Crippen LogP contribution is -2.61. The maximum atomic E-state index is 13.6. The Hall–Kier alpha value is -3.35. The van der Waals surface area contributed by atoms with Crippen LogP contribution < -0.4 is 16.0 Å². The highest BCUT2D eigenvalue weighted by Crippen LogP contribution is 2.63. The summed E-state index contributed by atoms with van der Waals surface area (Å²) in [5.74, 6) is -4.36. The number of hydrogen-bond acceptors (Lipinski definition) is 10. The van der Waals surface area contributed by atoms with Gasteiger partial charge in [0.25, 0.3) is 0 Å². The molecule has 0 aromatic carbocycles. The number of carbonyl (C=O) groups excluding carboxylic acids is 5. The van der Waals surface area contributed by atoms with E-state index in [4.69, 9.17) is 18.9 Å². The zero-order valence-corrected chi connectivity index (χ0v) is 25.0. The molecule has 2 aliphatic rings. The quantitative estimate of drug-likeness (QED) is 0.115. The van der Waals surface area contributed by atoms with E-state index in [-0.39, 0.29) is 27.4 Å². The first-order valence-electron chi connectivity index (χ1n) is 13.9. The van der Waals surface area contributed by atoms with Crippen LogP contribution in [-0.4, -0.2) is 77.2 Å². The van der Waals surface area contributed by atoms with E-state index in [1.165, 1.54) is 0 Å². The molecule has 0 spiro atoms. The molecule has 6 atom stereocenters. The molecule has 0 heterocycles. The Balaban J connectivity index is 0.00000882. The van der Waals surface area contributed by atoms with Crippen molar-refractivity contribution in [2.24, 2.45) is 17.8 Å². The predicted octanol–water partition coefficient (Wildman–Crippen LogP) is 2.55. The molecule has 13 nitrogen and oxygen atoms in total. The molecule has 0 aromatic rings. The molecule has 2 fully saturated rings. The molecule has 2 rings (SSSR count). The van der Waals surface area contributed by atoms with Crippen LogP contribution in [0.5, 0.6) is 0 Å². The Bertz CT molecular complexity index is 1010. The van der Waals surface area contributed by atoms with Gasteiger partial charge in [-0.15, -0.1) is 0 Å². The number of aliphatic hydroxyl groups excluding tert-OH is 1. The van der Waals surface area contributed by atoms with Gasteiger partial charge in [-0.1, -0.05) is 6.58 Å². The van der Waals surface area contributed by atoms with Gasteiger partial charge in [-0.2, -0.15) is 0 Å². The van der Waals surface area contributed by atoms with E-state index in [1.807, 2.05) is 0 Å². The molecule has 0 saturated heterocycles. The van der Waals surface area contributed by atoms with Crippen molar-refractivity contribution in [3.63, 3.8) is 0 Å². The van der Waals surface area contributed by atoms with Crippen molar-refractivity contribution >= 4 is 30.0 Å². The molecular formula is C28H47N3O10. The Morgan fingerprint density at radius 2 is 1.66 bits per heavy atom. The first-order valence-corrected chi connectivity index (χ1v) is 13.9. The minimum absolute atomic E-state index is 0. The average Bonchev–Trinajstić information content (AvgIpc) is 3.50. The van der Waals surface area contributed by atoms with Crippen LogP contribution in [-0.2, 0) is 33.3 Å². The van der Waals surface area contributed by atoms with Crippen LogP contribution in [0.4, 0.5) is 9.59 Å². The fourth-order valence-electron chi connectivity index (χ4n) is 5.18. The molecular weight excluding hydrogens is 538 g/mol. The van der Waals surface area contributed by atoms with Gasteiger partial charge in [-0.25, -0.2) is 14.4 Å². The first-order chi connectivity index (χ1) is 19.0. The zero-order valence-electron chi connectivity index (χ0n) is 25.0. The van der Waals surface area contributed by atoms with Crippen LogP contribution in [0.25, 0.3) is 0 Å². The number of fused-ring (bicyclic) bond motifs is 1. The second-order valence-electron chi connectivity index (χ2n) is 12.3. The summed E-state index contributed by atoms with van der Waals surface area (Å²) in [6.45, 7) is 15.5. The maximum Gasteiger partial charge on any atom is 0.408 e. The van der Waals surface area contributed by atoms with E-state index >= 15 is 0 Å². The average molecular weight is 586 g/mol. The Morgan fingerprint density at radius 1 is 1.05 bits per heavy atom. The first kappa shape index (κ1) is 33.9. The van der Waals surface area contributed by atoms with Gasteiger partial charge in [0.15, 0.2) is 0 Å². The normalized spacial score (nSPS) is 25.6. The molecule has 41 heavy (non-hydrogen) atoms. The van der Waals surface area contributed by atoms with Crippen molar-refractivity contribution < 1.29 is 49.5 Å². The third-order valence-electron chi connectivity index (χ3n) is 6.67. The largest absolute Gasteiger partial charge is 0.464 e. The van der Waals surface area contributed by atoms with Gasteiger partial charge in [-0.05, 0) is 67.7 Å².